The van der Waals surface area contributed by atoms with E-state index in [1.54, 1.807) is 29.0 Å². The number of rotatable bonds is 8. The van der Waals surface area contributed by atoms with Crippen LogP contribution in [0.2, 0.25) is 5.02 Å². The fourth-order valence-corrected chi connectivity index (χ4v) is 4.30. The minimum absolute atomic E-state index is 0.0139. The highest BCUT2D eigenvalue weighted by atomic mass is 35.5. The van der Waals surface area contributed by atoms with E-state index in [-0.39, 0.29) is 30.2 Å². The topological polar surface area (TPSA) is 105 Å². The molecule has 3 rings (SSSR count). The Kier molecular flexibility index (Phi) is 8.72. The van der Waals surface area contributed by atoms with Gasteiger partial charge in [-0.2, -0.15) is 0 Å². The summed E-state index contributed by atoms with van der Waals surface area (Å²) in [7, 11) is 1.73. The standard InChI is InChI=1S/C25H32ClN5O2/c1-30(22-5-3-2-4-6-22)23(32)17-31(16-19-9-13-21(26)14-10-19)24(33)20-11-7-18(8-12-20)15-29-25(27)28/h2-6,9-10,13-14,18,20H,7-8,11-12,15-17H2,1H3,(H4,27,28,29). The summed E-state index contributed by atoms with van der Waals surface area (Å²) in [6.45, 7) is 0.969. The molecule has 4 N–H and O–H groups in total. The van der Waals surface area contributed by atoms with Crippen LogP contribution in [0.5, 0.6) is 0 Å². The second kappa shape index (κ2) is 11.7. The number of nitrogens with zero attached hydrogens (tertiary/aromatic N) is 3. The number of guanidine groups is 1. The third-order valence-electron chi connectivity index (χ3n) is 6.17. The number of anilines is 1. The summed E-state index contributed by atoms with van der Waals surface area (Å²) in [5, 5.41) is 0.635. The average Bonchev–Trinajstić information content (AvgIpc) is 2.83. The first-order valence-corrected chi connectivity index (χ1v) is 11.6. The number of hydrogen-bond acceptors (Lipinski definition) is 3. The molecule has 0 aromatic heterocycles. The van der Waals surface area contributed by atoms with Gasteiger partial charge in [0.25, 0.3) is 0 Å². The van der Waals surface area contributed by atoms with Crippen molar-refractivity contribution in [3.63, 3.8) is 0 Å². The van der Waals surface area contributed by atoms with Gasteiger partial charge in [-0.15, -0.1) is 0 Å². The quantitative estimate of drug-likeness (QED) is 0.456. The third kappa shape index (κ3) is 7.22. The van der Waals surface area contributed by atoms with Crippen LogP contribution in [0.15, 0.2) is 59.6 Å². The zero-order chi connectivity index (χ0) is 23.8. The molecule has 176 valence electrons. The zero-order valence-corrected chi connectivity index (χ0v) is 19.7. The van der Waals surface area contributed by atoms with Crippen LogP contribution in [-0.2, 0) is 16.1 Å². The number of halogens is 1. The van der Waals surface area contributed by atoms with Gasteiger partial charge in [-0.1, -0.05) is 41.9 Å². The van der Waals surface area contributed by atoms with Gasteiger partial charge >= 0.3 is 0 Å². The lowest BCUT2D eigenvalue weighted by Crippen LogP contribution is -2.44. The van der Waals surface area contributed by atoms with Crippen molar-refractivity contribution in [2.45, 2.75) is 32.2 Å². The molecule has 2 aromatic carbocycles. The van der Waals surface area contributed by atoms with Crippen molar-refractivity contribution in [1.29, 1.82) is 0 Å². The van der Waals surface area contributed by atoms with E-state index in [0.29, 0.717) is 24.0 Å². The lowest BCUT2D eigenvalue weighted by Gasteiger charge is -2.32. The van der Waals surface area contributed by atoms with Crippen LogP contribution in [0.3, 0.4) is 0 Å². The zero-order valence-electron chi connectivity index (χ0n) is 19.0. The van der Waals surface area contributed by atoms with Crippen LogP contribution in [-0.4, -0.2) is 42.8 Å². The third-order valence-corrected chi connectivity index (χ3v) is 6.42. The van der Waals surface area contributed by atoms with Gasteiger partial charge in [0, 0.05) is 36.8 Å². The maximum atomic E-state index is 13.5. The monoisotopic (exact) mass is 469 g/mol. The number of benzene rings is 2. The summed E-state index contributed by atoms with van der Waals surface area (Å²) >= 11 is 6.02. The molecule has 0 atom stereocenters. The molecule has 33 heavy (non-hydrogen) atoms. The van der Waals surface area contributed by atoms with Crippen molar-refractivity contribution in [3.8, 4) is 0 Å². The fourth-order valence-electron chi connectivity index (χ4n) is 4.17. The molecule has 1 saturated carbocycles. The minimum atomic E-state index is -0.134. The predicted octanol–water partition coefficient (Wildman–Crippen LogP) is 3.41. The highest BCUT2D eigenvalue weighted by Crippen LogP contribution is 2.31. The van der Waals surface area contributed by atoms with Gasteiger partial charge in [0.15, 0.2) is 5.96 Å². The molecule has 1 aliphatic rings. The Morgan fingerprint density at radius 1 is 1.00 bits per heavy atom. The van der Waals surface area contributed by atoms with Crippen molar-refractivity contribution < 1.29 is 9.59 Å². The molecule has 2 aromatic rings. The molecule has 1 fully saturated rings. The van der Waals surface area contributed by atoms with Gasteiger partial charge in [0.1, 0.15) is 6.54 Å². The molecule has 0 radical (unpaired) electrons. The summed E-state index contributed by atoms with van der Waals surface area (Å²) in [6.07, 6.45) is 3.31. The van der Waals surface area contributed by atoms with Crippen LogP contribution >= 0.6 is 11.6 Å². The summed E-state index contributed by atoms with van der Waals surface area (Å²) in [4.78, 5) is 33.9. The van der Waals surface area contributed by atoms with Crippen molar-refractivity contribution >= 4 is 35.1 Å². The normalized spacial score (nSPS) is 17.8. The SMILES string of the molecule is CN(C(=O)CN(Cc1ccc(Cl)cc1)C(=O)C1CCC(CN=C(N)N)CC1)c1ccccc1. The van der Waals surface area contributed by atoms with Crippen LogP contribution < -0.4 is 16.4 Å². The number of aliphatic imine (C=N–C) groups is 1. The van der Waals surface area contributed by atoms with Crippen molar-refractivity contribution in [3.05, 3.63) is 65.2 Å². The molecule has 0 spiro atoms. The second-order valence-electron chi connectivity index (χ2n) is 8.59. The van der Waals surface area contributed by atoms with Crippen LogP contribution in [0.1, 0.15) is 31.2 Å². The highest BCUT2D eigenvalue weighted by molar-refractivity contribution is 6.30. The van der Waals surface area contributed by atoms with Gasteiger partial charge < -0.3 is 21.3 Å². The van der Waals surface area contributed by atoms with Crippen LogP contribution in [0, 0.1) is 11.8 Å². The van der Waals surface area contributed by atoms with Crippen molar-refractivity contribution in [2.24, 2.45) is 28.3 Å². The number of likely N-dealkylation sites (N-methyl/N-ethyl adjacent to an activating group) is 1. The molecule has 1 aliphatic carbocycles. The largest absolute Gasteiger partial charge is 0.370 e. The van der Waals surface area contributed by atoms with E-state index < -0.39 is 0 Å². The number of carbonyl (C=O) groups excluding carboxylic acids is 2. The Labute approximate surface area is 200 Å². The number of nitrogens with two attached hydrogens (primary N) is 2. The first-order chi connectivity index (χ1) is 15.8. The lowest BCUT2D eigenvalue weighted by molar-refractivity contribution is -0.140. The highest BCUT2D eigenvalue weighted by Gasteiger charge is 2.31. The Hall–Kier alpha value is -3.06. The van der Waals surface area contributed by atoms with Crippen LogP contribution in [0.25, 0.3) is 0 Å². The molecular formula is C25H32ClN5O2. The van der Waals surface area contributed by atoms with E-state index >= 15 is 0 Å². The summed E-state index contributed by atoms with van der Waals surface area (Å²) < 4.78 is 0. The van der Waals surface area contributed by atoms with Gasteiger partial charge in [-0.05, 0) is 61.4 Å². The average molecular weight is 470 g/mol. The number of carbonyl (C=O) groups is 2. The molecule has 0 unspecified atom stereocenters. The number of para-hydroxylation sites is 1. The van der Waals surface area contributed by atoms with Gasteiger partial charge in [0.2, 0.25) is 11.8 Å². The first kappa shape index (κ1) is 24.6. The minimum Gasteiger partial charge on any atom is -0.370 e. The number of hydrogen-bond donors (Lipinski definition) is 2. The molecule has 0 saturated heterocycles. The Morgan fingerprint density at radius 2 is 1.64 bits per heavy atom. The van der Waals surface area contributed by atoms with E-state index in [2.05, 4.69) is 4.99 Å². The van der Waals surface area contributed by atoms with E-state index in [4.69, 9.17) is 23.1 Å². The van der Waals surface area contributed by atoms with Crippen molar-refractivity contribution in [2.75, 3.05) is 25.0 Å². The molecular weight excluding hydrogens is 438 g/mol. The first-order valence-electron chi connectivity index (χ1n) is 11.2. The fraction of sp³-hybridized carbons (Fsp3) is 0.400. The summed E-state index contributed by atoms with van der Waals surface area (Å²) in [5.41, 5.74) is 12.6. The Balaban J connectivity index is 1.70. The number of amides is 2. The Bertz CT molecular complexity index is 953. The molecule has 0 heterocycles. The van der Waals surface area contributed by atoms with Gasteiger partial charge in [-0.25, -0.2) is 0 Å². The molecule has 0 aliphatic heterocycles. The van der Waals surface area contributed by atoms with Gasteiger partial charge in [-0.3, -0.25) is 14.6 Å². The second-order valence-corrected chi connectivity index (χ2v) is 9.03. The van der Waals surface area contributed by atoms with E-state index in [1.807, 2.05) is 42.5 Å². The van der Waals surface area contributed by atoms with Gasteiger partial charge in [0.05, 0.1) is 0 Å². The predicted molar refractivity (Wildman–Crippen MR) is 133 cm³/mol. The molecule has 7 nitrogen and oxygen atoms in total. The van der Waals surface area contributed by atoms with E-state index in [0.717, 1.165) is 36.9 Å². The summed E-state index contributed by atoms with van der Waals surface area (Å²) in [6, 6.07) is 16.8. The van der Waals surface area contributed by atoms with E-state index in [9.17, 15) is 9.59 Å². The lowest BCUT2D eigenvalue weighted by atomic mass is 9.81. The van der Waals surface area contributed by atoms with E-state index in [1.165, 1.54) is 0 Å². The molecule has 2 amide bonds. The summed E-state index contributed by atoms with van der Waals surface area (Å²) in [5.74, 6) is 0.252. The van der Waals surface area contributed by atoms with Crippen molar-refractivity contribution in [1.82, 2.24) is 4.90 Å². The smallest absolute Gasteiger partial charge is 0.246 e. The Morgan fingerprint density at radius 3 is 2.24 bits per heavy atom. The molecule has 0 bridgehead atoms. The maximum absolute atomic E-state index is 13.5. The maximum Gasteiger partial charge on any atom is 0.246 e. The molecule has 8 heteroatoms. The van der Waals surface area contributed by atoms with Crippen LogP contribution in [0.4, 0.5) is 5.69 Å².